The molecule has 1 heterocycles. The van der Waals surface area contributed by atoms with E-state index in [0.717, 1.165) is 17.0 Å². The van der Waals surface area contributed by atoms with Crippen molar-refractivity contribution in [2.24, 2.45) is 0 Å². The summed E-state index contributed by atoms with van der Waals surface area (Å²) in [5.41, 5.74) is 2.38. The zero-order chi connectivity index (χ0) is 22.6. The Bertz CT molecular complexity index is 1030. The molecule has 2 aromatic carbocycles. The van der Waals surface area contributed by atoms with E-state index >= 15 is 0 Å². The number of nitrogens with zero attached hydrogens (tertiary/aromatic N) is 1. The van der Waals surface area contributed by atoms with Crippen molar-refractivity contribution in [2.75, 3.05) is 10.6 Å². The van der Waals surface area contributed by atoms with Crippen LogP contribution in [-0.2, 0) is 4.74 Å². The first kappa shape index (κ1) is 22.4. The number of carbonyl (C=O) groups excluding carboxylic acids is 1. The van der Waals surface area contributed by atoms with Crippen LogP contribution < -0.4 is 20.7 Å². The summed E-state index contributed by atoms with van der Waals surface area (Å²) in [6.45, 7) is 7.62. The Labute approximate surface area is 187 Å². The Hall–Kier alpha value is -3.31. The Morgan fingerprint density at radius 3 is 2.68 bits per heavy atom. The number of hydrogen-bond acceptors (Lipinski definition) is 5. The molecule has 31 heavy (non-hydrogen) atoms. The molecule has 3 N–H and O–H groups in total. The average Bonchev–Trinajstić information content (AvgIpc) is 2.67. The average molecular weight is 439 g/mol. The van der Waals surface area contributed by atoms with E-state index in [-0.39, 0.29) is 12.1 Å². The van der Waals surface area contributed by atoms with Gasteiger partial charge in [-0.3, -0.25) is 5.32 Å². The van der Waals surface area contributed by atoms with Gasteiger partial charge in [0.05, 0.1) is 23.8 Å². The lowest BCUT2D eigenvalue weighted by Crippen LogP contribution is -2.42. The number of amides is 1. The molecule has 0 bridgehead atoms. The minimum absolute atomic E-state index is 0.138. The lowest BCUT2D eigenvalue weighted by Gasteiger charge is -2.38. The van der Waals surface area contributed by atoms with Crippen molar-refractivity contribution < 1.29 is 14.3 Å². The number of nitrogens with one attached hydrogen (secondary N) is 3. The van der Waals surface area contributed by atoms with Crippen LogP contribution in [0.1, 0.15) is 51.3 Å². The summed E-state index contributed by atoms with van der Waals surface area (Å²) in [6.07, 6.45) is -0.0508. The van der Waals surface area contributed by atoms with Gasteiger partial charge in [0.2, 0.25) is 0 Å². The van der Waals surface area contributed by atoms with E-state index < -0.39 is 11.7 Å². The van der Waals surface area contributed by atoms with Crippen LogP contribution in [0, 0.1) is 11.3 Å². The maximum absolute atomic E-state index is 12.0. The lowest BCUT2D eigenvalue weighted by molar-refractivity contribution is 0.0697. The number of thiocarbonyl (C=S) groups is 1. The molecule has 0 aromatic heterocycles. The normalized spacial score (nSPS) is 16.3. The molecule has 162 valence electrons. The van der Waals surface area contributed by atoms with E-state index in [1.807, 2.05) is 32.0 Å². The van der Waals surface area contributed by atoms with Gasteiger partial charge in [0.1, 0.15) is 11.4 Å². The van der Waals surface area contributed by atoms with Crippen molar-refractivity contribution >= 4 is 34.8 Å². The zero-order valence-electron chi connectivity index (χ0n) is 18.0. The summed E-state index contributed by atoms with van der Waals surface area (Å²) in [4.78, 5) is 12.0. The first-order valence-corrected chi connectivity index (χ1v) is 10.4. The van der Waals surface area contributed by atoms with Gasteiger partial charge >= 0.3 is 6.09 Å². The summed E-state index contributed by atoms with van der Waals surface area (Å²) < 4.78 is 11.3. The molecule has 1 amide bonds. The van der Waals surface area contributed by atoms with Crippen LogP contribution in [0.5, 0.6) is 5.75 Å². The molecular weight excluding hydrogens is 412 g/mol. The van der Waals surface area contributed by atoms with E-state index in [0.29, 0.717) is 22.8 Å². The highest BCUT2D eigenvalue weighted by molar-refractivity contribution is 7.80. The van der Waals surface area contributed by atoms with E-state index in [4.69, 9.17) is 27.0 Å². The van der Waals surface area contributed by atoms with Gasteiger partial charge in [-0.2, -0.15) is 5.26 Å². The maximum Gasteiger partial charge on any atom is 0.411 e. The second-order valence-electron chi connectivity index (χ2n) is 8.24. The van der Waals surface area contributed by atoms with Gasteiger partial charge in [0.15, 0.2) is 5.11 Å². The molecule has 0 saturated carbocycles. The van der Waals surface area contributed by atoms with Gasteiger partial charge in [0, 0.05) is 23.4 Å². The smallest absolute Gasteiger partial charge is 0.411 e. The molecule has 0 radical (unpaired) electrons. The highest BCUT2D eigenvalue weighted by atomic mass is 32.1. The fourth-order valence-electron chi connectivity index (χ4n) is 3.41. The van der Waals surface area contributed by atoms with Crippen molar-refractivity contribution in [3.63, 3.8) is 0 Å². The van der Waals surface area contributed by atoms with Crippen molar-refractivity contribution in [3.05, 3.63) is 53.6 Å². The number of ether oxygens (including phenoxy) is 2. The van der Waals surface area contributed by atoms with Gasteiger partial charge < -0.3 is 20.1 Å². The molecule has 7 nitrogen and oxygen atoms in total. The van der Waals surface area contributed by atoms with Crippen LogP contribution in [0.25, 0.3) is 0 Å². The number of hydrogen-bond donors (Lipinski definition) is 3. The molecule has 8 heteroatoms. The van der Waals surface area contributed by atoms with Crippen molar-refractivity contribution in [1.82, 2.24) is 5.32 Å². The van der Waals surface area contributed by atoms with Gasteiger partial charge in [-0.05, 0) is 76.3 Å². The second kappa shape index (κ2) is 9.23. The molecule has 1 atom stereocenters. The highest BCUT2D eigenvalue weighted by Gasteiger charge is 2.34. The number of benzene rings is 2. The number of rotatable bonds is 4. The largest absolute Gasteiger partial charge is 0.487 e. The molecule has 0 spiro atoms. The minimum atomic E-state index is -0.508. The minimum Gasteiger partial charge on any atom is -0.487 e. The van der Waals surface area contributed by atoms with Crippen LogP contribution >= 0.6 is 12.2 Å². The van der Waals surface area contributed by atoms with Crippen LogP contribution in [0.4, 0.5) is 16.2 Å². The SMILES string of the molecule is CC(C)OC(=O)Nc1ccc2c(c1)C(NC(=S)Nc1cccc(C#N)c1)CC(C)(C)O2. The fourth-order valence-corrected chi connectivity index (χ4v) is 3.67. The van der Waals surface area contributed by atoms with Crippen molar-refractivity contribution in [2.45, 2.75) is 51.9 Å². The summed E-state index contributed by atoms with van der Waals surface area (Å²) in [5, 5.41) is 18.7. The predicted octanol–water partition coefficient (Wildman–Crippen LogP) is 5.10. The van der Waals surface area contributed by atoms with Gasteiger partial charge in [-0.15, -0.1) is 0 Å². The van der Waals surface area contributed by atoms with Crippen molar-refractivity contribution in [3.8, 4) is 11.8 Å². The summed E-state index contributed by atoms with van der Waals surface area (Å²) in [5.74, 6) is 0.728. The van der Waals surface area contributed by atoms with E-state index in [9.17, 15) is 4.79 Å². The van der Waals surface area contributed by atoms with E-state index in [2.05, 4.69) is 22.0 Å². The molecule has 1 aliphatic rings. The first-order chi connectivity index (χ1) is 14.6. The molecule has 1 unspecified atom stereocenters. The Morgan fingerprint density at radius 1 is 1.23 bits per heavy atom. The monoisotopic (exact) mass is 438 g/mol. The van der Waals surface area contributed by atoms with Gasteiger partial charge in [-0.25, -0.2) is 4.79 Å². The summed E-state index contributed by atoms with van der Waals surface area (Å²) >= 11 is 5.51. The topological polar surface area (TPSA) is 95.4 Å². The maximum atomic E-state index is 12.0. The third-order valence-corrected chi connectivity index (χ3v) is 4.83. The summed E-state index contributed by atoms with van der Waals surface area (Å²) in [7, 11) is 0. The highest BCUT2D eigenvalue weighted by Crippen LogP contribution is 2.40. The molecule has 0 aliphatic carbocycles. The zero-order valence-corrected chi connectivity index (χ0v) is 18.8. The standard InChI is InChI=1S/C23H26N4O3S/c1-14(2)29-22(28)26-17-8-9-20-18(11-17)19(12-23(3,4)30-20)27-21(31)25-16-7-5-6-15(10-16)13-24/h5-11,14,19H,12H2,1-4H3,(H,26,28)(H2,25,27,31). The first-order valence-electron chi connectivity index (χ1n) is 10.0. The molecule has 0 fully saturated rings. The second-order valence-corrected chi connectivity index (χ2v) is 8.65. The van der Waals surface area contributed by atoms with Gasteiger partial charge in [-0.1, -0.05) is 6.07 Å². The Balaban J connectivity index is 1.78. The molecule has 1 aliphatic heterocycles. The van der Waals surface area contributed by atoms with Crippen LogP contribution in [0.2, 0.25) is 0 Å². The third-order valence-electron chi connectivity index (χ3n) is 4.61. The van der Waals surface area contributed by atoms with Crippen LogP contribution in [0.3, 0.4) is 0 Å². The number of fused-ring (bicyclic) bond motifs is 1. The lowest BCUT2D eigenvalue weighted by atomic mass is 9.89. The van der Waals surface area contributed by atoms with Crippen molar-refractivity contribution in [1.29, 1.82) is 5.26 Å². The van der Waals surface area contributed by atoms with Crippen LogP contribution in [0.15, 0.2) is 42.5 Å². The quantitative estimate of drug-likeness (QED) is 0.571. The predicted molar refractivity (Wildman–Crippen MR) is 124 cm³/mol. The fraction of sp³-hybridized carbons (Fsp3) is 0.348. The molecule has 3 rings (SSSR count). The molecule has 2 aromatic rings. The number of nitriles is 1. The Morgan fingerprint density at radius 2 is 1.97 bits per heavy atom. The number of anilines is 2. The molecular formula is C23H26N4O3S. The van der Waals surface area contributed by atoms with Crippen LogP contribution in [-0.4, -0.2) is 22.9 Å². The van der Waals surface area contributed by atoms with Gasteiger partial charge in [0.25, 0.3) is 0 Å². The Kier molecular flexibility index (Phi) is 6.66. The van der Waals surface area contributed by atoms with E-state index in [1.54, 1.807) is 38.1 Å². The third kappa shape index (κ3) is 6.09. The van der Waals surface area contributed by atoms with E-state index in [1.165, 1.54) is 0 Å². The molecule has 0 saturated heterocycles. The number of carbonyl (C=O) groups is 1. The summed E-state index contributed by atoms with van der Waals surface area (Å²) in [6, 6.07) is 14.6.